The summed E-state index contributed by atoms with van der Waals surface area (Å²) in [6.07, 6.45) is 1.20. The minimum Gasteiger partial charge on any atom is -0.356 e. The molecule has 2 aliphatic heterocycles. The molecule has 1 aromatic heterocycles. The summed E-state index contributed by atoms with van der Waals surface area (Å²) in [5.74, 6) is 1.77. The van der Waals surface area contributed by atoms with E-state index in [1.807, 2.05) is 18.7 Å². The Morgan fingerprint density at radius 1 is 1.21 bits per heavy atom. The number of aromatic nitrogens is 2. The summed E-state index contributed by atoms with van der Waals surface area (Å²) in [6, 6.07) is 6.99. The zero-order valence-corrected chi connectivity index (χ0v) is 14.5. The van der Waals surface area contributed by atoms with E-state index < -0.39 is 0 Å². The minimum atomic E-state index is -0.0510. The molecular weight excluding hydrogens is 324 g/mol. The van der Waals surface area contributed by atoms with Gasteiger partial charge in [0.25, 0.3) is 5.91 Å². The van der Waals surface area contributed by atoms with Crippen LogP contribution in [0.15, 0.2) is 24.3 Å². The molecule has 0 spiro atoms. The van der Waals surface area contributed by atoms with E-state index in [9.17, 15) is 4.79 Å². The maximum Gasteiger partial charge on any atom is 0.254 e. The molecule has 1 fully saturated rings. The van der Waals surface area contributed by atoms with Crippen LogP contribution in [0.25, 0.3) is 0 Å². The Labute approximate surface area is 146 Å². The Kier molecular flexibility index (Phi) is 3.68. The lowest BCUT2D eigenvalue weighted by Gasteiger charge is -2.33. The summed E-state index contributed by atoms with van der Waals surface area (Å²) in [5, 5.41) is 0.630. The molecule has 0 radical (unpaired) electrons. The molecule has 0 bridgehead atoms. The summed E-state index contributed by atoms with van der Waals surface area (Å²) >= 11 is 5.92. The zero-order valence-electron chi connectivity index (χ0n) is 13.8. The third-order valence-corrected chi connectivity index (χ3v) is 5.08. The van der Waals surface area contributed by atoms with Gasteiger partial charge in [0.2, 0.25) is 0 Å². The molecule has 2 aliphatic rings. The second-order valence-corrected chi connectivity index (χ2v) is 6.85. The van der Waals surface area contributed by atoms with Crippen molar-refractivity contribution in [3.63, 3.8) is 0 Å². The molecule has 2 aromatic rings. The van der Waals surface area contributed by atoms with Crippen LogP contribution < -0.4 is 4.90 Å². The van der Waals surface area contributed by atoms with E-state index in [0.29, 0.717) is 17.1 Å². The first-order valence-electron chi connectivity index (χ1n) is 8.23. The monoisotopic (exact) mass is 342 g/mol. The first kappa shape index (κ1) is 15.4. The summed E-state index contributed by atoms with van der Waals surface area (Å²) in [5.41, 5.74) is 2.72. The van der Waals surface area contributed by atoms with Gasteiger partial charge in [-0.3, -0.25) is 4.79 Å². The van der Waals surface area contributed by atoms with Gasteiger partial charge in [-0.15, -0.1) is 0 Å². The third kappa shape index (κ3) is 2.44. The van der Waals surface area contributed by atoms with Gasteiger partial charge in [0, 0.05) is 29.2 Å². The van der Waals surface area contributed by atoms with Crippen molar-refractivity contribution in [2.75, 3.05) is 18.0 Å². The number of hydrogen-bond donors (Lipinski definition) is 0. The second kappa shape index (κ2) is 5.74. The van der Waals surface area contributed by atoms with Gasteiger partial charge in [-0.25, -0.2) is 9.97 Å². The van der Waals surface area contributed by atoms with E-state index in [0.717, 1.165) is 36.0 Å². The average molecular weight is 343 g/mol. The van der Waals surface area contributed by atoms with Crippen LogP contribution >= 0.6 is 11.6 Å². The van der Waals surface area contributed by atoms with E-state index in [4.69, 9.17) is 11.6 Å². The predicted molar refractivity (Wildman–Crippen MR) is 93.3 cm³/mol. The van der Waals surface area contributed by atoms with Crippen molar-refractivity contribution in [3.8, 4) is 0 Å². The van der Waals surface area contributed by atoms with Crippen LogP contribution in [0.5, 0.6) is 0 Å². The molecule has 6 heteroatoms. The number of fused-ring (bicyclic) bond motifs is 1. The molecule has 1 unspecified atom stereocenters. The highest BCUT2D eigenvalue weighted by Crippen LogP contribution is 2.38. The summed E-state index contributed by atoms with van der Waals surface area (Å²) < 4.78 is 0. The highest BCUT2D eigenvalue weighted by Gasteiger charge is 2.36. The van der Waals surface area contributed by atoms with Crippen molar-refractivity contribution in [3.05, 3.63) is 51.9 Å². The quantitative estimate of drug-likeness (QED) is 0.839. The largest absolute Gasteiger partial charge is 0.356 e. The van der Waals surface area contributed by atoms with Gasteiger partial charge < -0.3 is 9.80 Å². The van der Waals surface area contributed by atoms with E-state index in [1.165, 1.54) is 6.42 Å². The van der Waals surface area contributed by atoms with Crippen LogP contribution in [-0.2, 0) is 6.54 Å². The smallest absolute Gasteiger partial charge is 0.254 e. The van der Waals surface area contributed by atoms with Crippen LogP contribution in [-0.4, -0.2) is 33.9 Å². The number of carbonyl (C=O) groups is 1. The predicted octanol–water partition coefficient (Wildman–Crippen LogP) is 3.37. The SMILES string of the molecule is Cc1nc2c(c(N3CCC3)n1)CN(C(=O)c1ccc(Cl)cc1)C2C. The molecule has 1 aromatic carbocycles. The fourth-order valence-corrected chi connectivity index (χ4v) is 3.48. The molecule has 3 heterocycles. The van der Waals surface area contributed by atoms with E-state index in [1.54, 1.807) is 24.3 Å². The number of benzene rings is 1. The van der Waals surface area contributed by atoms with Gasteiger partial charge in [-0.1, -0.05) is 11.6 Å². The van der Waals surface area contributed by atoms with E-state index >= 15 is 0 Å². The summed E-state index contributed by atoms with van der Waals surface area (Å²) in [4.78, 5) is 26.3. The summed E-state index contributed by atoms with van der Waals surface area (Å²) in [6.45, 7) is 6.57. The second-order valence-electron chi connectivity index (χ2n) is 6.41. The van der Waals surface area contributed by atoms with Gasteiger partial charge in [-0.05, 0) is 44.5 Å². The lowest BCUT2D eigenvalue weighted by Crippen LogP contribution is -2.38. The molecule has 5 nitrogen and oxygen atoms in total. The number of rotatable bonds is 2. The fourth-order valence-electron chi connectivity index (χ4n) is 3.35. The van der Waals surface area contributed by atoms with Gasteiger partial charge in [0.05, 0.1) is 18.3 Å². The van der Waals surface area contributed by atoms with Crippen molar-refractivity contribution in [1.82, 2.24) is 14.9 Å². The van der Waals surface area contributed by atoms with Gasteiger partial charge in [0.15, 0.2) is 0 Å². The Bertz CT molecular complexity index is 801. The topological polar surface area (TPSA) is 49.3 Å². The molecule has 0 saturated carbocycles. The molecule has 0 N–H and O–H groups in total. The first-order chi connectivity index (χ1) is 11.5. The van der Waals surface area contributed by atoms with Gasteiger partial charge in [0.1, 0.15) is 11.6 Å². The normalized spacial score (nSPS) is 19.2. The average Bonchev–Trinajstić information content (AvgIpc) is 2.83. The van der Waals surface area contributed by atoms with Gasteiger partial charge >= 0.3 is 0 Å². The molecule has 1 amide bonds. The van der Waals surface area contributed by atoms with Crippen molar-refractivity contribution < 1.29 is 4.79 Å². The van der Waals surface area contributed by atoms with Crippen LogP contribution in [0.3, 0.4) is 0 Å². The van der Waals surface area contributed by atoms with Crippen LogP contribution in [0.1, 0.15) is 46.8 Å². The fraction of sp³-hybridized carbons (Fsp3) is 0.389. The third-order valence-electron chi connectivity index (χ3n) is 4.83. The Balaban J connectivity index is 1.68. The van der Waals surface area contributed by atoms with Crippen molar-refractivity contribution in [2.24, 2.45) is 0 Å². The number of aryl methyl sites for hydroxylation is 1. The molecule has 1 saturated heterocycles. The van der Waals surface area contributed by atoms with Crippen molar-refractivity contribution in [2.45, 2.75) is 32.9 Å². The molecular formula is C18H19ClN4O. The Hall–Kier alpha value is -2.14. The van der Waals surface area contributed by atoms with Crippen molar-refractivity contribution in [1.29, 1.82) is 0 Å². The maximum atomic E-state index is 12.9. The standard InChI is InChI=1S/C18H19ClN4O/c1-11-16-15(17(21-12(2)20-16)22-8-3-9-22)10-23(11)18(24)13-4-6-14(19)7-5-13/h4-7,11H,3,8-10H2,1-2H3. The minimum absolute atomic E-state index is 0.00405. The van der Waals surface area contributed by atoms with E-state index in [-0.39, 0.29) is 11.9 Å². The molecule has 4 rings (SSSR count). The number of carbonyl (C=O) groups excluding carboxylic acids is 1. The number of amides is 1. The van der Waals surface area contributed by atoms with E-state index in [2.05, 4.69) is 14.9 Å². The Morgan fingerprint density at radius 3 is 2.54 bits per heavy atom. The first-order valence-corrected chi connectivity index (χ1v) is 8.61. The van der Waals surface area contributed by atoms with Gasteiger partial charge in [-0.2, -0.15) is 0 Å². The Morgan fingerprint density at radius 2 is 1.92 bits per heavy atom. The molecule has 0 aliphatic carbocycles. The highest BCUT2D eigenvalue weighted by atomic mass is 35.5. The number of hydrogen-bond acceptors (Lipinski definition) is 4. The highest BCUT2D eigenvalue weighted by molar-refractivity contribution is 6.30. The molecule has 24 heavy (non-hydrogen) atoms. The summed E-state index contributed by atoms with van der Waals surface area (Å²) in [7, 11) is 0. The van der Waals surface area contributed by atoms with Crippen LogP contribution in [0, 0.1) is 6.92 Å². The maximum absolute atomic E-state index is 12.9. The molecule has 124 valence electrons. The lowest BCUT2D eigenvalue weighted by atomic mass is 10.1. The van der Waals surface area contributed by atoms with Crippen molar-refractivity contribution >= 4 is 23.3 Å². The molecule has 1 atom stereocenters. The lowest BCUT2D eigenvalue weighted by molar-refractivity contribution is 0.0703. The zero-order chi connectivity index (χ0) is 16.8. The number of nitrogens with zero attached hydrogens (tertiary/aromatic N) is 4. The number of anilines is 1. The number of halogens is 1. The van der Waals surface area contributed by atoms with Crippen LogP contribution in [0.2, 0.25) is 5.02 Å². The van der Waals surface area contributed by atoms with Crippen LogP contribution in [0.4, 0.5) is 5.82 Å².